The van der Waals surface area contributed by atoms with E-state index in [1.165, 1.54) is 0 Å². The summed E-state index contributed by atoms with van der Waals surface area (Å²) in [6.45, 7) is 2.97. The van der Waals surface area contributed by atoms with Crippen molar-refractivity contribution in [3.63, 3.8) is 0 Å². The molecule has 1 N–H and O–H groups in total. The molecule has 62 valence electrons. The zero-order chi connectivity index (χ0) is 8.27. The molecule has 1 aromatic heterocycles. The van der Waals surface area contributed by atoms with E-state index in [9.17, 15) is 0 Å². The van der Waals surface area contributed by atoms with Gasteiger partial charge in [0.05, 0.1) is 12.0 Å². The summed E-state index contributed by atoms with van der Waals surface area (Å²) in [5.74, 6) is 0. The first kappa shape index (κ1) is 8.56. The molecular formula is C7H11ClN2O. The molecule has 0 fully saturated rings. The van der Waals surface area contributed by atoms with Gasteiger partial charge in [-0.3, -0.25) is 0 Å². The molecule has 1 rings (SSSR count). The predicted octanol–water partition coefficient (Wildman–Crippen LogP) is 1.09. The number of nitrogens with zero attached hydrogens (tertiary/aromatic N) is 2. The van der Waals surface area contributed by atoms with Gasteiger partial charge in [-0.2, -0.15) is 0 Å². The van der Waals surface area contributed by atoms with Crippen molar-refractivity contribution >= 4 is 11.6 Å². The fourth-order valence-electron chi connectivity index (χ4n) is 1.01. The normalized spacial score (nSPS) is 10.5. The van der Waals surface area contributed by atoms with Crippen LogP contribution in [0.2, 0.25) is 5.15 Å². The maximum Gasteiger partial charge on any atom is 0.150 e. The Balaban J connectivity index is 2.88. The fraction of sp³-hybridized carbons (Fsp3) is 0.571. The minimum atomic E-state index is 0.116. The van der Waals surface area contributed by atoms with Gasteiger partial charge in [0.2, 0.25) is 0 Å². The summed E-state index contributed by atoms with van der Waals surface area (Å²) in [6, 6.07) is 0. The van der Waals surface area contributed by atoms with Gasteiger partial charge < -0.3 is 9.67 Å². The number of aliphatic hydroxyl groups is 1. The topological polar surface area (TPSA) is 38.0 Å². The highest BCUT2D eigenvalue weighted by molar-refractivity contribution is 6.30. The zero-order valence-corrected chi connectivity index (χ0v) is 7.17. The van der Waals surface area contributed by atoms with Crippen molar-refractivity contribution in [2.24, 2.45) is 0 Å². The van der Waals surface area contributed by atoms with E-state index in [2.05, 4.69) is 4.98 Å². The first-order chi connectivity index (χ1) is 5.29. The van der Waals surface area contributed by atoms with Crippen LogP contribution in [0, 0.1) is 0 Å². The Labute approximate surface area is 70.6 Å². The van der Waals surface area contributed by atoms with E-state index in [4.69, 9.17) is 16.7 Å². The first-order valence-electron chi connectivity index (χ1n) is 3.60. The summed E-state index contributed by atoms with van der Waals surface area (Å²) < 4.78 is 1.93. The number of aromatic nitrogens is 2. The maximum absolute atomic E-state index is 8.68. The van der Waals surface area contributed by atoms with Gasteiger partial charge >= 0.3 is 0 Å². The summed E-state index contributed by atoms with van der Waals surface area (Å²) >= 11 is 5.76. The van der Waals surface area contributed by atoms with Gasteiger partial charge in [0, 0.05) is 19.6 Å². The molecule has 0 aromatic carbocycles. The smallest absolute Gasteiger partial charge is 0.150 e. The summed E-state index contributed by atoms with van der Waals surface area (Å²) in [5.41, 5.74) is 0.914. The van der Waals surface area contributed by atoms with Crippen LogP contribution in [0.1, 0.15) is 12.6 Å². The molecule has 0 radical (unpaired) electrons. The van der Waals surface area contributed by atoms with Crippen molar-refractivity contribution in [2.45, 2.75) is 19.9 Å². The molecule has 0 saturated heterocycles. The second-order valence-electron chi connectivity index (χ2n) is 2.24. The third kappa shape index (κ3) is 1.73. The van der Waals surface area contributed by atoms with Crippen LogP contribution in [0.25, 0.3) is 0 Å². The maximum atomic E-state index is 8.68. The predicted molar refractivity (Wildman–Crippen MR) is 43.7 cm³/mol. The van der Waals surface area contributed by atoms with Gasteiger partial charge in [-0.1, -0.05) is 11.6 Å². The van der Waals surface area contributed by atoms with Crippen LogP contribution in [0.3, 0.4) is 0 Å². The highest BCUT2D eigenvalue weighted by Crippen LogP contribution is 2.13. The Morgan fingerprint density at radius 3 is 3.00 bits per heavy atom. The SMILES string of the molecule is CCn1cnc(Cl)c1CCO. The molecule has 0 amide bonds. The molecular weight excluding hydrogens is 164 g/mol. The molecule has 11 heavy (non-hydrogen) atoms. The van der Waals surface area contributed by atoms with Crippen molar-refractivity contribution in [3.8, 4) is 0 Å². The fourth-order valence-corrected chi connectivity index (χ4v) is 1.25. The molecule has 0 saturated carbocycles. The molecule has 0 spiro atoms. The van der Waals surface area contributed by atoms with Crippen LogP contribution >= 0.6 is 11.6 Å². The lowest BCUT2D eigenvalue weighted by atomic mass is 10.3. The minimum Gasteiger partial charge on any atom is -0.396 e. The van der Waals surface area contributed by atoms with E-state index in [0.29, 0.717) is 11.6 Å². The minimum absolute atomic E-state index is 0.116. The quantitative estimate of drug-likeness (QED) is 0.745. The molecule has 4 heteroatoms. The van der Waals surface area contributed by atoms with Crippen LogP contribution in [-0.4, -0.2) is 21.3 Å². The van der Waals surface area contributed by atoms with Crippen LogP contribution in [0.4, 0.5) is 0 Å². The molecule has 1 heterocycles. The Kier molecular flexibility index (Phi) is 2.91. The number of aryl methyl sites for hydroxylation is 1. The average molecular weight is 175 g/mol. The number of aliphatic hydroxyl groups excluding tert-OH is 1. The zero-order valence-electron chi connectivity index (χ0n) is 6.42. The van der Waals surface area contributed by atoms with E-state index in [-0.39, 0.29) is 6.61 Å². The Morgan fingerprint density at radius 2 is 2.45 bits per heavy atom. The number of hydrogen-bond acceptors (Lipinski definition) is 2. The monoisotopic (exact) mass is 174 g/mol. The standard InChI is InChI=1S/C7H11ClN2O/c1-2-10-5-9-7(8)6(10)3-4-11/h5,11H,2-4H2,1H3. The number of halogens is 1. The van der Waals surface area contributed by atoms with Gasteiger partial charge in [-0.25, -0.2) is 4.98 Å². The lowest BCUT2D eigenvalue weighted by molar-refractivity contribution is 0.296. The van der Waals surface area contributed by atoms with Crippen LogP contribution < -0.4 is 0 Å². The Bertz CT molecular complexity index is 234. The summed E-state index contributed by atoms with van der Waals surface area (Å²) in [7, 11) is 0. The molecule has 0 unspecified atom stereocenters. The van der Waals surface area contributed by atoms with Crippen LogP contribution in [-0.2, 0) is 13.0 Å². The van der Waals surface area contributed by atoms with E-state index in [1.54, 1.807) is 6.33 Å². The lowest BCUT2D eigenvalue weighted by Gasteiger charge is -2.02. The third-order valence-corrected chi connectivity index (χ3v) is 1.90. The van der Waals surface area contributed by atoms with Crippen LogP contribution in [0.5, 0.6) is 0 Å². The van der Waals surface area contributed by atoms with Crippen molar-refractivity contribution in [3.05, 3.63) is 17.2 Å². The molecule has 0 atom stereocenters. The van der Waals surface area contributed by atoms with E-state index >= 15 is 0 Å². The van der Waals surface area contributed by atoms with E-state index in [1.807, 2.05) is 11.5 Å². The van der Waals surface area contributed by atoms with Crippen molar-refractivity contribution < 1.29 is 5.11 Å². The average Bonchev–Trinajstić information content (AvgIpc) is 2.34. The summed E-state index contributed by atoms with van der Waals surface area (Å²) in [6.07, 6.45) is 2.26. The van der Waals surface area contributed by atoms with Crippen molar-refractivity contribution in [2.75, 3.05) is 6.61 Å². The number of hydrogen-bond donors (Lipinski definition) is 1. The van der Waals surface area contributed by atoms with Crippen LogP contribution in [0.15, 0.2) is 6.33 Å². The second kappa shape index (κ2) is 3.74. The molecule has 0 aliphatic heterocycles. The highest BCUT2D eigenvalue weighted by Gasteiger charge is 2.05. The molecule has 0 bridgehead atoms. The van der Waals surface area contributed by atoms with Gasteiger partial charge in [0.1, 0.15) is 5.15 Å². The van der Waals surface area contributed by atoms with E-state index in [0.717, 1.165) is 12.2 Å². The van der Waals surface area contributed by atoms with Crippen molar-refractivity contribution in [1.82, 2.24) is 9.55 Å². The molecule has 0 aliphatic rings. The van der Waals surface area contributed by atoms with E-state index < -0.39 is 0 Å². The highest BCUT2D eigenvalue weighted by atomic mass is 35.5. The second-order valence-corrected chi connectivity index (χ2v) is 2.60. The van der Waals surface area contributed by atoms with Gasteiger partial charge in [0.25, 0.3) is 0 Å². The molecule has 0 aliphatic carbocycles. The van der Waals surface area contributed by atoms with Gasteiger partial charge in [-0.15, -0.1) is 0 Å². The third-order valence-electron chi connectivity index (χ3n) is 1.58. The molecule has 1 aromatic rings. The van der Waals surface area contributed by atoms with Gasteiger partial charge in [-0.05, 0) is 6.92 Å². The first-order valence-corrected chi connectivity index (χ1v) is 3.97. The molecule has 3 nitrogen and oxygen atoms in total. The van der Waals surface area contributed by atoms with Gasteiger partial charge in [0.15, 0.2) is 0 Å². The summed E-state index contributed by atoms with van der Waals surface area (Å²) in [5, 5.41) is 9.18. The Hall–Kier alpha value is -0.540. The Morgan fingerprint density at radius 1 is 1.73 bits per heavy atom. The van der Waals surface area contributed by atoms with Crippen molar-refractivity contribution in [1.29, 1.82) is 0 Å². The lowest BCUT2D eigenvalue weighted by Crippen LogP contribution is -2.01. The number of rotatable bonds is 3. The number of imidazole rings is 1. The largest absolute Gasteiger partial charge is 0.396 e. The summed E-state index contributed by atoms with van der Waals surface area (Å²) in [4.78, 5) is 3.92.